The Kier molecular flexibility index (Phi) is 4.82. The van der Waals surface area contributed by atoms with Crippen molar-refractivity contribution in [3.8, 4) is 28.7 Å². The maximum absolute atomic E-state index is 11.7. The molecule has 0 aromatic heterocycles. The Labute approximate surface area is 146 Å². The smallest absolute Gasteiger partial charge is 0.336 e. The monoisotopic (exact) mass is 328 g/mol. The fourth-order valence-corrected chi connectivity index (χ4v) is 2.64. The summed E-state index contributed by atoms with van der Waals surface area (Å²) < 4.78 is 5.41. The van der Waals surface area contributed by atoms with Crippen LogP contribution in [0.25, 0.3) is 11.1 Å². The molecule has 0 amide bonds. The first-order valence-electron chi connectivity index (χ1n) is 7.77. The van der Waals surface area contributed by atoms with Gasteiger partial charge < -0.3 is 9.84 Å². The largest absolute Gasteiger partial charge is 0.496 e. The van der Waals surface area contributed by atoms with Crippen LogP contribution in [-0.4, -0.2) is 18.2 Å². The van der Waals surface area contributed by atoms with Crippen LogP contribution < -0.4 is 4.74 Å². The Morgan fingerprint density at radius 2 is 1.60 bits per heavy atom. The summed E-state index contributed by atoms with van der Waals surface area (Å²) in [4.78, 5) is 11.7. The highest BCUT2D eigenvalue weighted by atomic mass is 16.5. The van der Waals surface area contributed by atoms with Crippen LogP contribution in [0.1, 0.15) is 21.5 Å². The van der Waals surface area contributed by atoms with Gasteiger partial charge in [0.2, 0.25) is 0 Å². The van der Waals surface area contributed by atoms with E-state index in [1.165, 1.54) is 0 Å². The van der Waals surface area contributed by atoms with Crippen molar-refractivity contribution in [1.29, 1.82) is 0 Å². The number of hydrogen-bond donors (Lipinski definition) is 1. The number of ether oxygens (including phenoxy) is 1. The predicted octanol–water partition coefficient (Wildman–Crippen LogP) is 4.46. The summed E-state index contributed by atoms with van der Waals surface area (Å²) in [5.74, 6) is 5.81. The number of para-hydroxylation sites is 1. The van der Waals surface area contributed by atoms with Gasteiger partial charge in [0.15, 0.2) is 0 Å². The maximum Gasteiger partial charge on any atom is 0.336 e. The number of carboxylic acids is 1. The van der Waals surface area contributed by atoms with E-state index in [1.807, 2.05) is 60.7 Å². The van der Waals surface area contributed by atoms with Crippen LogP contribution in [0.3, 0.4) is 0 Å². The highest BCUT2D eigenvalue weighted by Gasteiger charge is 2.17. The van der Waals surface area contributed by atoms with Gasteiger partial charge in [0.25, 0.3) is 0 Å². The Morgan fingerprint density at radius 3 is 2.32 bits per heavy atom. The second-order valence-electron chi connectivity index (χ2n) is 5.35. The van der Waals surface area contributed by atoms with Crippen molar-refractivity contribution in [1.82, 2.24) is 0 Å². The van der Waals surface area contributed by atoms with Crippen molar-refractivity contribution >= 4 is 5.97 Å². The molecule has 0 aliphatic rings. The molecule has 0 saturated heterocycles. The Morgan fingerprint density at radius 1 is 0.880 bits per heavy atom. The van der Waals surface area contributed by atoms with Gasteiger partial charge in [-0.15, -0.1) is 0 Å². The molecular weight excluding hydrogens is 312 g/mol. The van der Waals surface area contributed by atoms with E-state index >= 15 is 0 Å². The van der Waals surface area contributed by atoms with E-state index in [4.69, 9.17) is 4.74 Å². The molecule has 122 valence electrons. The minimum atomic E-state index is -0.996. The van der Waals surface area contributed by atoms with Crippen LogP contribution in [0.15, 0.2) is 72.8 Å². The molecule has 3 aromatic carbocycles. The predicted molar refractivity (Wildman–Crippen MR) is 97.8 cm³/mol. The van der Waals surface area contributed by atoms with Gasteiger partial charge >= 0.3 is 5.97 Å². The van der Waals surface area contributed by atoms with E-state index in [0.717, 1.165) is 5.56 Å². The van der Waals surface area contributed by atoms with Crippen molar-refractivity contribution in [2.75, 3.05) is 7.11 Å². The summed E-state index contributed by atoms with van der Waals surface area (Å²) in [5.41, 5.74) is 2.99. The molecule has 3 rings (SSSR count). The second-order valence-corrected chi connectivity index (χ2v) is 5.35. The van der Waals surface area contributed by atoms with Crippen LogP contribution in [0, 0.1) is 11.8 Å². The third-order valence-electron chi connectivity index (χ3n) is 3.79. The van der Waals surface area contributed by atoms with E-state index in [2.05, 4.69) is 11.8 Å². The summed E-state index contributed by atoms with van der Waals surface area (Å²) in [6, 6.07) is 22.0. The lowest BCUT2D eigenvalue weighted by Gasteiger charge is -2.13. The summed E-state index contributed by atoms with van der Waals surface area (Å²) >= 11 is 0. The summed E-state index contributed by atoms with van der Waals surface area (Å²) in [5, 5.41) is 9.61. The van der Waals surface area contributed by atoms with Gasteiger partial charge in [-0.3, -0.25) is 0 Å². The van der Waals surface area contributed by atoms with Crippen LogP contribution in [0.5, 0.6) is 5.75 Å². The molecule has 0 bridgehead atoms. The molecule has 1 N–H and O–H groups in total. The average Bonchev–Trinajstić information content (AvgIpc) is 2.66. The molecule has 0 radical (unpaired) electrons. The Balaban J connectivity index is 2.22. The number of carboxylic acid groups (broad SMARTS) is 1. The number of aromatic carboxylic acids is 1. The summed E-state index contributed by atoms with van der Waals surface area (Å²) in [7, 11) is 1.57. The van der Waals surface area contributed by atoms with E-state index in [1.54, 1.807) is 19.2 Å². The van der Waals surface area contributed by atoms with Crippen LogP contribution in [0.4, 0.5) is 0 Å². The fraction of sp³-hybridized carbons (Fsp3) is 0.0455. The van der Waals surface area contributed by atoms with Crippen molar-refractivity contribution in [3.05, 3.63) is 89.5 Å². The zero-order chi connectivity index (χ0) is 17.6. The van der Waals surface area contributed by atoms with E-state index in [-0.39, 0.29) is 5.56 Å². The standard InChI is InChI=1S/C22H16O3/c1-25-20-13-6-5-11-18(20)21-17(10-7-12-19(21)22(23)24)15-14-16-8-3-2-4-9-16/h2-13H,1H3,(H,23,24). The number of hydrogen-bond acceptors (Lipinski definition) is 2. The lowest BCUT2D eigenvalue weighted by atomic mass is 9.93. The number of rotatable bonds is 3. The van der Waals surface area contributed by atoms with Gasteiger partial charge in [0.1, 0.15) is 5.75 Å². The first kappa shape index (κ1) is 16.4. The molecular formula is C22H16O3. The maximum atomic E-state index is 11.7. The number of methoxy groups -OCH3 is 1. The topological polar surface area (TPSA) is 46.5 Å². The van der Waals surface area contributed by atoms with Crippen molar-refractivity contribution in [2.45, 2.75) is 0 Å². The van der Waals surface area contributed by atoms with E-state index in [0.29, 0.717) is 22.4 Å². The molecule has 0 unspecified atom stereocenters. The highest BCUT2D eigenvalue weighted by molar-refractivity contribution is 5.98. The van der Waals surface area contributed by atoms with Crippen molar-refractivity contribution in [2.24, 2.45) is 0 Å². The van der Waals surface area contributed by atoms with E-state index in [9.17, 15) is 9.90 Å². The van der Waals surface area contributed by atoms with E-state index < -0.39 is 5.97 Å². The third kappa shape index (κ3) is 3.54. The zero-order valence-corrected chi connectivity index (χ0v) is 13.7. The molecule has 25 heavy (non-hydrogen) atoms. The minimum Gasteiger partial charge on any atom is -0.496 e. The van der Waals surface area contributed by atoms with Gasteiger partial charge in [-0.1, -0.05) is 54.3 Å². The molecule has 0 saturated carbocycles. The van der Waals surface area contributed by atoms with Gasteiger partial charge in [-0.25, -0.2) is 4.79 Å². The molecule has 3 aromatic rings. The molecule has 0 atom stereocenters. The van der Waals surface area contributed by atoms with Crippen LogP contribution in [-0.2, 0) is 0 Å². The molecule has 0 aliphatic carbocycles. The second kappa shape index (κ2) is 7.37. The molecule has 0 aliphatic heterocycles. The lowest BCUT2D eigenvalue weighted by molar-refractivity contribution is 0.0697. The third-order valence-corrected chi connectivity index (χ3v) is 3.79. The molecule has 0 fully saturated rings. The van der Waals surface area contributed by atoms with Gasteiger partial charge in [-0.2, -0.15) is 0 Å². The summed E-state index contributed by atoms with van der Waals surface area (Å²) in [6.07, 6.45) is 0. The highest BCUT2D eigenvalue weighted by Crippen LogP contribution is 2.34. The van der Waals surface area contributed by atoms with Gasteiger partial charge in [0, 0.05) is 22.3 Å². The van der Waals surface area contributed by atoms with Gasteiger partial charge in [0.05, 0.1) is 12.7 Å². The average molecular weight is 328 g/mol. The van der Waals surface area contributed by atoms with Crippen molar-refractivity contribution < 1.29 is 14.6 Å². The molecule has 0 heterocycles. The van der Waals surface area contributed by atoms with Crippen LogP contribution in [0.2, 0.25) is 0 Å². The quantitative estimate of drug-likeness (QED) is 0.722. The first-order valence-corrected chi connectivity index (χ1v) is 7.77. The first-order chi connectivity index (χ1) is 12.2. The van der Waals surface area contributed by atoms with Crippen molar-refractivity contribution in [3.63, 3.8) is 0 Å². The Hall–Kier alpha value is -3.51. The summed E-state index contributed by atoms with van der Waals surface area (Å²) in [6.45, 7) is 0. The minimum absolute atomic E-state index is 0.198. The SMILES string of the molecule is COc1ccccc1-c1c(C#Cc2ccccc2)cccc1C(=O)O. The number of carbonyl (C=O) groups is 1. The molecule has 3 nitrogen and oxygen atoms in total. The molecule has 3 heteroatoms. The molecule has 0 spiro atoms. The fourth-order valence-electron chi connectivity index (χ4n) is 2.64. The Bertz CT molecular complexity index is 963. The zero-order valence-electron chi connectivity index (χ0n) is 13.7. The van der Waals surface area contributed by atoms with Gasteiger partial charge in [-0.05, 0) is 30.3 Å². The lowest BCUT2D eigenvalue weighted by Crippen LogP contribution is -2.02. The normalized spacial score (nSPS) is 9.80. The van der Waals surface area contributed by atoms with Crippen LogP contribution >= 0.6 is 0 Å². The number of benzene rings is 3.